The number of carbonyl (C=O) groups excluding carboxylic acids is 2. The van der Waals surface area contributed by atoms with Crippen molar-refractivity contribution < 1.29 is 14.3 Å². The first kappa shape index (κ1) is 14.7. The normalized spacial score (nSPS) is 16.2. The van der Waals surface area contributed by atoms with Gasteiger partial charge < -0.3 is 15.4 Å². The van der Waals surface area contributed by atoms with Crippen LogP contribution in [0.5, 0.6) is 5.75 Å². The molecule has 6 heteroatoms. The Bertz CT molecular complexity index is 931. The summed E-state index contributed by atoms with van der Waals surface area (Å²) in [5, 5.41) is 6.68. The van der Waals surface area contributed by atoms with Gasteiger partial charge in [-0.1, -0.05) is 18.2 Å². The molecule has 0 fully saturated rings. The van der Waals surface area contributed by atoms with Gasteiger partial charge in [0.05, 0.1) is 10.6 Å². The van der Waals surface area contributed by atoms with Crippen molar-refractivity contribution >= 4 is 44.6 Å². The fraction of sp³-hybridized carbons (Fsp3) is 0.111. The summed E-state index contributed by atoms with van der Waals surface area (Å²) in [5.74, 6) is 0.227. The second kappa shape index (κ2) is 5.65. The Morgan fingerprint density at radius 2 is 2.04 bits per heavy atom. The van der Waals surface area contributed by atoms with E-state index in [1.807, 2.05) is 30.3 Å². The van der Waals surface area contributed by atoms with Crippen molar-refractivity contribution in [3.8, 4) is 5.75 Å². The Labute approximate surface area is 142 Å². The van der Waals surface area contributed by atoms with Crippen LogP contribution in [-0.2, 0) is 4.79 Å². The SMILES string of the molecule is CC1Oc2ccc(NC(=O)c3cc4ccccc4s3)cc2NC1=O. The summed E-state index contributed by atoms with van der Waals surface area (Å²) in [5.41, 5.74) is 1.17. The third-order valence-electron chi connectivity index (χ3n) is 3.82. The summed E-state index contributed by atoms with van der Waals surface area (Å²) in [7, 11) is 0. The lowest BCUT2D eigenvalue weighted by molar-refractivity contribution is -0.122. The molecule has 2 N–H and O–H groups in total. The van der Waals surface area contributed by atoms with Gasteiger partial charge in [-0.2, -0.15) is 0 Å². The van der Waals surface area contributed by atoms with E-state index >= 15 is 0 Å². The van der Waals surface area contributed by atoms with Crippen LogP contribution in [0.25, 0.3) is 10.1 Å². The summed E-state index contributed by atoms with van der Waals surface area (Å²) in [6, 6.07) is 14.9. The van der Waals surface area contributed by atoms with E-state index in [1.54, 1.807) is 25.1 Å². The lowest BCUT2D eigenvalue weighted by Crippen LogP contribution is -2.34. The van der Waals surface area contributed by atoms with Crippen molar-refractivity contribution in [2.45, 2.75) is 13.0 Å². The summed E-state index contributed by atoms with van der Waals surface area (Å²) in [6.07, 6.45) is -0.517. The van der Waals surface area contributed by atoms with Crippen molar-refractivity contribution in [2.75, 3.05) is 10.6 Å². The smallest absolute Gasteiger partial charge is 0.265 e. The molecule has 0 aliphatic carbocycles. The largest absolute Gasteiger partial charge is 0.479 e. The van der Waals surface area contributed by atoms with Crippen LogP contribution in [0.2, 0.25) is 0 Å². The van der Waals surface area contributed by atoms with Crippen molar-refractivity contribution in [3.05, 3.63) is 53.4 Å². The van der Waals surface area contributed by atoms with Gasteiger partial charge in [-0.25, -0.2) is 0 Å². The maximum Gasteiger partial charge on any atom is 0.265 e. The topological polar surface area (TPSA) is 67.4 Å². The molecular formula is C18H14N2O3S. The van der Waals surface area contributed by atoms with E-state index in [0.29, 0.717) is 22.0 Å². The highest BCUT2D eigenvalue weighted by atomic mass is 32.1. The molecule has 0 saturated carbocycles. The molecule has 3 aromatic rings. The molecule has 120 valence electrons. The van der Waals surface area contributed by atoms with E-state index in [9.17, 15) is 9.59 Å². The molecule has 1 atom stereocenters. The van der Waals surface area contributed by atoms with Crippen LogP contribution in [0.3, 0.4) is 0 Å². The number of fused-ring (bicyclic) bond motifs is 2. The van der Waals surface area contributed by atoms with Crippen LogP contribution < -0.4 is 15.4 Å². The first-order valence-corrected chi connectivity index (χ1v) is 8.33. The molecule has 0 radical (unpaired) electrons. The van der Waals surface area contributed by atoms with Crippen LogP contribution >= 0.6 is 11.3 Å². The number of rotatable bonds is 2. The second-order valence-electron chi connectivity index (χ2n) is 5.56. The average Bonchev–Trinajstić information content (AvgIpc) is 3.00. The number of amides is 2. The van der Waals surface area contributed by atoms with Gasteiger partial charge >= 0.3 is 0 Å². The van der Waals surface area contributed by atoms with E-state index in [-0.39, 0.29) is 11.8 Å². The predicted octanol–water partition coefficient (Wildman–Crippen LogP) is 3.87. The minimum atomic E-state index is -0.517. The summed E-state index contributed by atoms with van der Waals surface area (Å²) < 4.78 is 6.58. The molecule has 2 heterocycles. The molecule has 1 aliphatic heterocycles. The Morgan fingerprint density at radius 3 is 2.88 bits per heavy atom. The minimum absolute atomic E-state index is 0.174. The Balaban J connectivity index is 1.58. The van der Waals surface area contributed by atoms with Gasteiger partial charge in [-0.05, 0) is 42.6 Å². The summed E-state index contributed by atoms with van der Waals surface area (Å²) in [6.45, 7) is 1.69. The van der Waals surface area contributed by atoms with E-state index < -0.39 is 6.10 Å². The van der Waals surface area contributed by atoms with Crippen LogP contribution in [-0.4, -0.2) is 17.9 Å². The lowest BCUT2D eigenvalue weighted by Gasteiger charge is -2.23. The maximum atomic E-state index is 12.4. The van der Waals surface area contributed by atoms with Crippen molar-refractivity contribution in [1.29, 1.82) is 0 Å². The third-order valence-corrected chi connectivity index (χ3v) is 4.93. The van der Waals surface area contributed by atoms with E-state index in [0.717, 1.165) is 10.1 Å². The van der Waals surface area contributed by atoms with Crippen LogP contribution in [0.4, 0.5) is 11.4 Å². The second-order valence-corrected chi connectivity index (χ2v) is 6.65. The van der Waals surface area contributed by atoms with E-state index in [4.69, 9.17) is 4.74 Å². The quantitative estimate of drug-likeness (QED) is 0.745. The van der Waals surface area contributed by atoms with Crippen LogP contribution in [0.15, 0.2) is 48.5 Å². The molecule has 1 unspecified atom stereocenters. The van der Waals surface area contributed by atoms with Gasteiger partial charge in [0.15, 0.2) is 6.10 Å². The molecule has 2 amide bonds. The average molecular weight is 338 g/mol. The number of hydrogen-bond acceptors (Lipinski definition) is 4. The fourth-order valence-electron chi connectivity index (χ4n) is 2.57. The molecule has 1 aromatic heterocycles. The first-order chi connectivity index (χ1) is 11.6. The van der Waals surface area contributed by atoms with Crippen molar-refractivity contribution in [1.82, 2.24) is 0 Å². The highest BCUT2D eigenvalue weighted by Gasteiger charge is 2.23. The van der Waals surface area contributed by atoms with Crippen LogP contribution in [0.1, 0.15) is 16.6 Å². The zero-order valence-electron chi connectivity index (χ0n) is 12.8. The number of thiophene rings is 1. The van der Waals surface area contributed by atoms with Crippen LogP contribution in [0, 0.1) is 0 Å². The molecule has 4 rings (SSSR count). The van der Waals surface area contributed by atoms with Gasteiger partial charge in [-0.3, -0.25) is 9.59 Å². The molecule has 2 aromatic carbocycles. The number of nitrogens with one attached hydrogen (secondary N) is 2. The van der Waals surface area contributed by atoms with Crippen molar-refractivity contribution in [2.24, 2.45) is 0 Å². The maximum absolute atomic E-state index is 12.4. The van der Waals surface area contributed by atoms with Crippen molar-refractivity contribution in [3.63, 3.8) is 0 Å². The Morgan fingerprint density at radius 1 is 1.21 bits per heavy atom. The van der Waals surface area contributed by atoms with Gasteiger partial charge in [0, 0.05) is 10.4 Å². The Hall–Kier alpha value is -2.86. The minimum Gasteiger partial charge on any atom is -0.479 e. The lowest BCUT2D eigenvalue weighted by atomic mass is 10.2. The van der Waals surface area contributed by atoms with E-state index in [2.05, 4.69) is 10.6 Å². The van der Waals surface area contributed by atoms with Gasteiger partial charge in [0.1, 0.15) is 5.75 Å². The number of benzene rings is 2. The fourth-order valence-corrected chi connectivity index (χ4v) is 3.53. The number of carbonyl (C=O) groups is 2. The third kappa shape index (κ3) is 2.61. The summed E-state index contributed by atoms with van der Waals surface area (Å²) in [4.78, 5) is 24.8. The first-order valence-electron chi connectivity index (χ1n) is 7.52. The van der Waals surface area contributed by atoms with Gasteiger partial charge in [0.2, 0.25) is 0 Å². The molecule has 0 bridgehead atoms. The molecule has 0 spiro atoms. The predicted molar refractivity (Wildman–Crippen MR) is 94.9 cm³/mol. The standard InChI is InChI=1S/C18H14N2O3S/c1-10-17(21)20-13-9-12(6-7-14(13)23-10)19-18(22)16-8-11-4-2-3-5-15(11)24-16/h2-10H,1H3,(H,19,22)(H,20,21). The Kier molecular flexibility index (Phi) is 3.46. The molecular weight excluding hydrogens is 324 g/mol. The molecule has 5 nitrogen and oxygen atoms in total. The molecule has 24 heavy (non-hydrogen) atoms. The number of anilines is 2. The molecule has 0 saturated heterocycles. The van der Waals surface area contributed by atoms with Gasteiger partial charge in [-0.15, -0.1) is 11.3 Å². The summed E-state index contributed by atoms with van der Waals surface area (Å²) >= 11 is 1.45. The van der Waals surface area contributed by atoms with Gasteiger partial charge in [0.25, 0.3) is 11.8 Å². The highest BCUT2D eigenvalue weighted by molar-refractivity contribution is 7.20. The zero-order valence-corrected chi connectivity index (χ0v) is 13.6. The van der Waals surface area contributed by atoms with E-state index in [1.165, 1.54) is 11.3 Å². The monoisotopic (exact) mass is 338 g/mol. The number of ether oxygens (including phenoxy) is 1. The zero-order chi connectivity index (χ0) is 16.7. The number of hydrogen-bond donors (Lipinski definition) is 2. The highest BCUT2D eigenvalue weighted by Crippen LogP contribution is 2.33. The molecule has 1 aliphatic rings.